The number of carboxylic acid groups (broad SMARTS) is 1. The first-order chi connectivity index (χ1) is 10.8. The van der Waals surface area contributed by atoms with Gasteiger partial charge in [0.15, 0.2) is 0 Å². The Balaban J connectivity index is 2.14. The average molecular weight is 341 g/mol. The molecule has 126 valence electrons. The summed E-state index contributed by atoms with van der Waals surface area (Å²) >= 11 is 0. The van der Waals surface area contributed by atoms with Gasteiger partial charge in [0.2, 0.25) is 10.0 Å². The van der Waals surface area contributed by atoms with Gasteiger partial charge in [-0.25, -0.2) is 13.1 Å². The zero-order valence-corrected chi connectivity index (χ0v) is 13.4. The smallest absolute Gasteiger partial charge is 0.306 e. The van der Waals surface area contributed by atoms with Crippen LogP contribution in [0.15, 0.2) is 41.3 Å². The second-order valence-corrected chi connectivity index (χ2v) is 7.05. The van der Waals surface area contributed by atoms with E-state index in [1.807, 2.05) is 6.92 Å². The molecule has 3 atom stereocenters. The van der Waals surface area contributed by atoms with E-state index < -0.39 is 40.8 Å². The predicted octanol–water partition coefficient (Wildman–Crippen LogP) is 0.433. The van der Waals surface area contributed by atoms with Crippen molar-refractivity contribution in [3.8, 4) is 0 Å². The molecule has 2 rings (SSSR count). The number of benzene rings is 1. The largest absolute Gasteiger partial charge is 0.481 e. The summed E-state index contributed by atoms with van der Waals surface area (Å²) in [4.78, 5) is 10.8. The van der Waals surface area contributed by atoms with E-state index >= 15 is 0 Å². The topological polar surface area (TPSA) is 113 Å². The summed E-state index contributed by atoms with van der Waals surface area (Å²) in [5.41, 5.74) is 0.939. The van der Waals surface area contributed by atoms with Gasteiger partial charge in [-0.2, -0.15) is 0 Å². The van der Waals surface area contributed by atoms with Crippen LogP contribution in [0, 0.1) is 6.92 Å². The number of nitrogens with one attached hydrogen (secondary N) is 1. The fourth-order valence-electron chi connectivity index (χ4n) is 2.25. The van der Waals surface area contributed by atoms with Crippen molar-refractivity contribution in [2.24, 2.45) is 0 Å². The monoisotopic (exact) mass is 341 g/mol. The van der Waals surface area contributed by atoms with Crippen molar-refractivity contribution in [2.75, 3.05) is 6.61 Å². The van der Waals surface area contributed by atoms with Crippen LogP contribution >= 0.6 is 0 Å². The van der Waals surface area contributed by atoms with Gasteiger partial charge in [-0.05, 0) is 19.1 Å². The molecule has 0 unspecified atom stereocenters. The van der Waals surface area contributed by atoms with Crippen LogP contribution in [-0.4, -0.2) is 49.5 Å². The highest BCUT2D eigenvalue weighted by Gasteiger charge is 2.31. The van der Waals surface area contributed by atoms with Gasteiger partial charge in [0.1, 0.15) is 6.10 Å². The minimum absolute atomic E-state index is 0.112. The first kappa shape index (κ1) is 17.6. The Morgan fingerprint density at radius 2 is 1.91 bits per heavy atom. The van der Waals surface area contributed by atoms with Gasteiger partial charge in [-0.15, -0.1) is 0 Å². The van der Waals surface area contributed by atoms with Crippen molar-refractivity contribution in [2.45, 2.75) is 36.5 Å². The molecular formula is C15H19NO6S. The Morgan fingerprint density at radius 1 is 1.26 bits per heavy atom. The summed E-state index contributed by atoms with van der Waals surface area (Å²) in [5.74, 6) is -1.03. The Kier molecular flexibility index (Phi) is 5.53. The van der Waals surface area contributed by atoms with Gasteiger partial charge in [0.05, 0.1) is 30.1 Å². The van der Waals surface area contributed by atoms with Gasteiger partial charge >= 0.3 is 5.97 Å². The van der Waals surface area contributed by atoms with E-state index in [1.165, 1.54) is 24.3 Å². The molecule has 0 fully saturated rings. The molecule has 0 radical (unpaired) electrons. The molecule has 0 saturated heterocycles. The fraction of sp³-hybridized carbons (Fsp3) is 0.400. The van der Waals surface area contributed by atoms with Gasteiger partial charge in [-0.3, -0.25) is 4.79 Å². The van der Waals surface area contributed by atoms with Crippen molar-refractivity contribution in [1.29, 1.82) is 0 Å². The first-order valence-corrected chi connectivity index (χ1v) is 8.55. The van der Waals surface area contributed by atoms with Crippen LogP contribution in [0.25, 0.3) is 0 Å². The third-order valence-corrected chi connectivity index (χ3v) is 4.94. The van der Waals surface area contributed by atoms with Crippen LogP contribution < -0.4 is 4.72 Å². The minimum Gasteiger partial charge on any atom is -0.481 e. The molecule has 23 heavy (non-hydrogen) atoms. The van der Waals surface area contributed by atoms with Crippen molar-refractivity contribution in [3.05, 3.63) is 42.0 Å². The average Bonchev–Trinajstić information content (AvgIpc) is 2.48. The standard InChI is InChI=1S/C15H19NO6S/c1-10-2-5-12(6-3-10)23(20,21)16-13-7-4-11(8-15(18)19)22-14(13)9-17/h2-7,11,13-14,16-17H,8-9H2,1H3,(H,18,19)/t11-,13-,14+/m1/s1. The number of aliphatic carboxylic acids is 1. The summed E-state index contributed by atoms with van der Waals surface area (Å²) in [5, 5.41) is 18.1. The Hall–Kier alpha value is -1.74. The molecule has 0 amide bonds. The molecule has 3 N–H and O–H groups in total. The number of sulfonamides is 1. The minimum atomic E-state index is -3.77. The van der Waals surface area contributed by atoms with Gasteiger partial charge < -0.3 is 14.9 Å². The van der Waals surface area contributed by atoms with Crippen LogP contribution in [0.5, 0.6) is 0 Å². The normalized spacial score (nSPS) is 24.5. The molecule has 1 aliphatic rings. The maximum absolute atomic E-state index is 12.4. The lowest BCUT2D eigenvalue weighted by Crippen LogP contribution is -2.48. The molecule has 1 aromatic carbocycles. The highest BCUT2D eigenvalue weighted by molar-refractivity contribution is 7.89. The van der Waals surface area contributed by atoms with Crippen LogP contribution in [0.2, 0.25) is 0 Å². The second-order valence-electron chi connectivity index (χ2n) is 5.34. The molecule has 8 heteroatoms. The predicted molar refractivity (Wildman–Crippen MR) is 82.4 cm³/mol. The maximum atomic E-state index is 12.4. The van der Waals surface area contributed by atoms with Crippen LogP contribution in [0.3, 0.4) is 0 Å². The summed E-state index contributed by atoms with van der Waals surface area (Å²) in [6, 6.07) is 5.59. The number of aliphatic hydroxyl groups is 1. The summed E-state index contributed by atoms with van der Waals surface area (Å²) < 4.78 is 32.6. The Labute approximate surface area is 134 Å². The summed E-state index contributed by atoms with van der Waals surface area (Å²) in [6.07, 6.45) is 1.23. The van der Waals surface area contributed by atoms with Crippen molar-refractivity contribution in [3.63, 3.8) is 0 Å². The van der Waals surface area contributed by atoms with E-state index in [0.717, 1.165) is 5.56 Å². The van der Waals surface area contributed by atoms with E-state index in [2.05, 4.69) is 4.72 Å². The van der Waals surface area contributed by atoms with Gasteiger partial charge in [0.25, 0.3) is 0 Å². The molecule has 0 spiro atoms. The number of aliphatic hydroxyl groups excluding tert-OH is 1. The highest BCUT2D eigenvalue weighted by Crippen LogP contribution is 2.18. The Bertz CT molecular complexity index is 682. The maximum Gasteiger partial charge on any atom is 0.306 e. The zero-order chi connectivity index (χ0) is 17.0. The second kappa shape index (κ2) is 7.22. The first-order valence-electron chi connectivity index (χ1n) is 7.07. The van der Waals surface area contributed by atoms with E-state index in [4.69, 9.17) is 9.84 Å². The fourth-order valence-corrected chi connectivity index (χ4v) is 3.47. The Morgan fingerprint density at radius 3 is 2.48 bits per heavy atom. The lowest BCUT2D eigenvalue weighted by atomic mass is 10.1. The molecular weight excluding hydrogens is 322 g/mol. The van der Waals surface area contributed by atoms with Crippen molar-refractivity contribution < 1.29 is 28.2 Å². The van der Waals surface area contributed by atoms with Crippen molar-refractivity contribution >= 4 is 16.0 Å². The third-order valence-electron chi connectivity index (χ3n) is 3.46. The quantitative estimate of drug-likeness (QED) is 0.647. The molecule has 7 nitrogen and oxygen atoms in total. The van der Waals surface area contributed by atoms with E-state index in [0.29, 0.717) is 0 Å². The van der Waals surface area contributed by atoms with Crippen LogP contribution in [0.1, 0.15) is 12.0 Å². The number of hydrogen-bond donors (Lipinski definition) is 3. The number of carboxylic acids is 1. The van der Waals surface area contributed by atoms with Gasteiger partial charge in [-0.1, -0.05) is 29.8 Å². The molecule has 1 heterocycles. The molecule has 0 bridgehead atoms. The summed E-state index contributed by atoms with van der Waals surface area (Å²) in [6.45, 7) is 1.42. The molecule has 0 saturated carbocycles. The molecule has 0 aromatic heterocycles. The van der Waals surface area contributed by atoms with Gasteiger partial charge in [0, 0.05) is 0 Å². The lowest BCUT2D eigenvalue weighted by molar-refractivity contribution is -0.141. The van der Waals surface area contributed by atoms with Crippen molar-refractivity contribution in [1.82, 2.24) is 4.72 Å². The zero-order valence-electron chi connectivity index (χ0n) is 12.5. The molecule has 1 aromatic rings. The van der Waals surface area contributed by atoms with Crippen LogP contribution in [0.4, 0.5) is 0 Å². The number of carbonyl (C=O) groups is 1. The summed E-state index contributed by atoms with van der Waals surface area (Å²) in [7, 11) is -3.77. The number of hydrogen-bond acceptors (Lipinski definition) is 5. The number of ether oxygens (including phenoxy) is 1. The van der Waals surface area contributed by atoms with E-state index in [-0.39, 0.29) is 11.3 Å². The SMILES string of the molecule is Cc1ccc(S(=O)(=O)N[C@@H]2C=C[C@H](CC(=O)O)O[C@H]2CO)cc1. The van der Waals surface area contributed by atoms with E-state index in [9.17, 15) is 18.3 Å². The lowest BCUT2D eigenvalue weighted by Gasteiger charge is -2.31. The van der Waals surface area contributed by atoms with E-state index in [1.54, 1.807) is 12.1 Å². The number of rotatable bonds is 6. The number of aryl methyl sites for hydroxylation is 1. The molecule has 1 aliphatic heterocycles. The molecule has 0 aliphatic carbocycles. The highest BCUT2D eigenvalue weighted by atomic mass is 32.2. The third kappa shape index (κ3) is 4.61. The van der Waals surface area contributed by atoms with Crippen LogP contribution in [-0.2, 0) is 19.6 Å².